The molecule has 26 heavy (non-hydrogen) atoms. The second-order valence-corrected chi connectivity index (χ2v) is 6.13. The molecule has 0 saturated heterocycles. The summed E-state index contributed by atoms with van der Waals surface area (Å²) in [7, 11) is 0. The Morgan fingerprint density at radius 1 is 0.923 bits per heavy atom. The van der Waals surface area contributed by atoms with Gasteiger partial charge in [-0.1, -0.05) is 18.2 Å². The van der Waals surface area contributed by atoms with Gasteiger partial charge in [0.05, 0.1) is 5.52 Å². The molecule has 0 aliphatic rings. The Kier molecular flexibility index (Phi) is 4.15. The molecule has 4 rings (SSSR count). The summed E-state index contributed by atoms with van der Waals surface area (Å²) in [5.41, 5.74) is 5.45. The zero-order valence-electron chi connectivity index (χ0n) is 14.3. The van der Waals surface area contributed by atoms with E-state index in [9.17, 15) is 4.79 Å². The Balaban J connectivity index is 1.58. The number of nitrogens with zero attached hydrogens (tertiary/aromatic N) is 2. The molecule has 0 aliphatic carbocycles. The van der Waals surface area contributed by atoms with Gasteiger partial charge in [-0.3, -0.25) is 14.8 Å². The first kappa shape index (κ1) is 16.0. The lowest BCUT2D eigenvalue weighted by Crippen LogP contribution is -2.12. The van der Waals surface area contributed by atoms with Gasteiger partial charge in [0.25, 0.3) is 5.91 Å². The standard InChI is InChI=1S/C22H17N3O/c1-15-13-18(5-7-20(15)16-8-11-23-12-9-16)22(26)25-19-6-4-17-3-2-10-24-21(17)14-19/h2-14H,1H3,(H,25,26). The van der Waals surface area contributed by atoms with E-state index in [0.717, 1.165) is 33.3 Å². The number of rotatable bonds is 3. The number of carbonyl (C=O) groups excluding carboxylic acids is 1. The van der Waals surface area contributed by atoms with Crippen LogP contribution >= 0.6 is 0 Å². The van der Waals surface area contributed by atoms with Crippen molar-refractivity contribution in [3.63, 3.8) is 0 Å². The van der Waals surface area contributed by atoms with Crippen molar-refractivity contribution < 1.29 is 4.79 Å². The van der Waals surface area contributed by atoms with Crippen molar-refractivity contribution in [3.05, 3.63) is 90.4 Å². The van der Waals surface area contributed by atoms with Crippen LogP contribution in [0.25, 0.3) is 22.0 Å². The molecule has 0 bridgehead atoms. The van der Waals surface area contributed by atoms with Gasteiger partial charge in [-0.25, -0.2) is 0 Å². The van der Waals surface area contributed by atoms with Crippen LogP contribution in [0.1, 0.15) is 15.9 Å². The van der Waals surface area contributed by atoms with Crippen molar-refractivity contribution >= 4 is 22.5 Å². The molecule has 0 fully saturated rings. The zero-order chi connectivity index (χ0) is 17.9. The number of fused-ring (bicyclic) bond motifs is 1. The number of carbonyl (C=O) groups is 1. The molecule has 2 heterocycles. The molecule has 0 aliphatic heterocycles. The maximum Gasteiger partial charge on any atom is 0.255 e. The van der Waals surface area contributed by atoms with Crippen molar-refractivity contribution in [1.82, 2.24) is 9.97 Å². The van der Waals surface area contributed by atoms with E-state index >= 15 is 0 Å². The largest absolute Gasteiger partial charge is 0.322 e. The summed E-state index contributed by atoms with van der Waals surface area (Å²) >= 11 is 0. The molecule has 2 aromatic heterocycles. The van der Waals surface area contributed by atoms with Gasteiger partial charge in [-0.2, -0.15) is 0 Å². The highest BCUT2D eigenvalue weighted by atomic mass is 16.1. The highest BCUT2D eigenvalue weighted by Gasteiger charge is 2.10. The highest BCUT2D eigenvalue weighted by Crippen LogP contribution is 2.24. The van der Waals surface area contributed by atoms with E-state index in [2.05, 4.69) is 15.3 Å². The molecular weight excluding hydrogens is 322 g/mol. The van der Waals surface area contributed by atoms with E-state index in [4.69, 9.17) is 0 Å². The van der Waals surface area contributed by atoms with Crippen LogP contribution in [0.3, 0.4) is 0 Å². The van der Waals surface area contributed by atoms with Crippen molar-refractivity contribution in [1.29, 1.82) is 0 Å². The van der Waals surface area contributed by atoms with Gasteiger partial charge >= 0.3 is 0 Å². The van der Waals surface area contributed by atoms with E-state index in [0.29, 0.717) is 5.56 Å². The van der Waals surface area contributed by atoms with E-state index in [-0.39, 0.29) is 5.91 Å². The lowest BCUT2D eigenvalue weighted by atomic mass is 9.99. The van der Waals surface area contributed by atoms with Crippen LogP contribution in [0.5, 0.6) is 0 Å². The maximum atomic E-state index is 12.6. The maximum absolute atomic E-state index is 12.6. The number of aryl methyl sites for hydroxylation is 1. The number of nitrogens with one attached hydrogen (secondary N) is 1. The smallest absolute Gasteiger partial charge is 0.255 e. The Hall–Kier alpha value is -3.53. The van der Waals surface area contributed by atoms with E-state index in [1.54, 1.807) is 18.6 Å². The molecule has 4 heteroatoms. The van der Waals surface area contributed by atoms with Crippen LogP contribution in [0.2, 0.25) is 0 Å². The van der Waals surface area contributed by atoms with E-state index in [1.807, 2.05) is 67.6 Å². The molecule has 4 aromatic rings. The summed E-state index contributed by atoms with van der Waals surface area (Å²) in [4.78, 5) is 21.0. The molecule has 0 saturated carbocycles. The molecule has 0 unspecified atom stereocenters. The van der Waals surface area contributed by atoms with Gasteiger partial charge in [0.15, 0.2) is 0 Å². The van der Waals surface area contributed by atoms with Gasteiger partial charge < -0.3 is 5.32 Å². The molecule has 0 atom stereocenters. The van der Waals surface area contributed by atoms with Gasteiger partial charge in [-0.15, -0.1) is 0 Å². The fraction of sp³-hybridized carbons (Fsp3) is 0.0455. The predicted molar refractivity (Wildman–Crippen MR) is 104 cm³/mol. The molecule has 1 amide bonds. The third-order valence-electron chi connectivity index (χ3n) is 4.34. The summed E-state index contributed by atoms with van der Waals surface area (Å²) < 4.78 is 0. The Morgan fingerprint density at radius 2 is 1.77 bits per heavy atom. The first-order valence-corrected chi connectivity index (χ1v) is 8.38. The van der Waals surface area contributed by atoms with Crippen LogP contribution in [0, 0.1) is 6.92 Å². The highest BCUT2D eigenvalue weighted by molar-refractivity contribution is 6.05. The minimum atomic E-state index is -0.135. The van der Waals surface area contributed by atoms with E-state index in [1.165, 1.54) is 0 Å². The number of amides is 1. The van der Waals surface area contributed by atoms with Gasteiger partial charge in [0, 0.05) is 35.2 Å². The molecule has 4 nitrogen and oxygen atoms in total. The van der Waals surface area contributed by atoms with Gasteiger partial charge in [0.2, 0.25) is 0 Å². The monoisotopic (exact) mass is 339 g/mol. The molecule has 1 N–H and O–H groups in total. The minimum absolute atomic E-state index is 0.135. The van der Waals surface area contributed by atoms with Crippen LogP contribution in [-0.4, -0.2) is 15.9 Å². The van der Waals surface area contributed by atoms with Crippen molar-refractivity contribution in [2.45, 2.75) is 6.92 Å². The normalized spacial score (nSPS) is 10.7. The van der Waals surface area contributed by atoms with Gasteiger partial charge in [-0.05, 0) is 66.1 Å². The molecule has 0 spiro atoms. The lowest BCUT2D eigenvalue weighted by Gasteiger charge is -2.10. The second kappa shape index (κ2) is 6.76. The lowest BCUT2D eigenvalue weighted by molar-refractivity contribution is 0.102. The third kappa shape index (κ3) is 3.17. The molecule has 126 valence electrons. The number of benzene rings is 2. The summed E-state index contributed by atoms with van der Waals surface area (Å²) in [6.45, 7) is 2.01. The topological polar surface area (TPSA) is 54.9 Å². The Morgan fingerprint density at radius 3 is 2.58 bits per heavy atom. The average Bonchev–Trinajstić information content (AvgIpc) is 2.68. The summed E-state index contributed by atoms with van der Waals surface area (Å²) in [5, 5.41) is 3.99. The first-order chi connectivity index (χ1) is 12.7. The van der Waals surface area contributed by atoms with E-state index < -0.39 is 0 Å². The third-order valence-corrected chi connectivity index (χ3v) is 4.34. The Labute approximate surface area is 151 Å². The number of anilines is 1. The Bertz CT molecular complexity index is 1090. The van der Waals surface area contributed by atoms with Crippen molar-refractivity contribution in [3.8, 4) is 11.1 Å². The zero-order valence-corrected chi connectivity index (χ0v) is 14.3. The van der Waals surface area contributed by atoms with Crippen LogP contribution < -0.4 is 5.32 Å². The fourth-order valence-corrected chi connectivity index (χ4v) is 3.01. The van der Waals surface area contributed by atoms with Crippen LogP contribution in [0.4, 0.5) is 5.69 Å². The number of hydrogen-bond acceptors (Lipinski definition) is 3. The SMILES string of the molecule is Cc1cc(C(=O)Nc2ccc3cccnc3c2)ccc1-c1ccncc1. The molecule has 2 aromatic carbocycles. The summed E-state index contributed by atoms with van der Waals surface area (Å²) in [6.07, 6.45) is 5.28. The number of pyridine rings is 2. The average molecular weight is 339 g/mol. The summed E-state index contributed by atoms with van der Waals surface area (Å²) in [6, 6.07) is 19.3. The predicted octanol–water partition coefficient (Wildman–Crippen LogP) is 4.86. The molecular formula is C22H17N3O. The number of hydrogen-bond donors (Lipinski definition) is 1. The second-order valence-electron chi connectivity index (χ2n) is 6.13. The minimum Gasteiger partial charge on any atom is -0.322 e. The molecule has 0 radical (unpaired) electrons. The van der Waals surface area contributed by atoms with Crippen LogP contribution in [-0.2, 0) is 0 Å². The van der Waals surface area contributed by atoms with Crippen molar-refractivity contribution in [2.75, 3.05) is 5.32 Å². The number of aromatic nitrogens is 2. The summed E-state index contributed by atoms with van der Waals surface area (Å²) in [5.74, 6) is -0.135. The fourth-order valence-electron chi connectivity index (χ4n) is 3.01. The van der Waals surface area contributed by atoms with Gasteiger partial charge in [0.1, 0.15) is 0 Å². The van der Waals surface area contributed by atoms with Crippen molar-refractivity contribution in [2.24, 2.45) is 0 Å². The first-order valence-electron chi connectivity index (χ1n) is 8.38. The quantitative estimate of drug-likeness (QED) is 0.580. The van der Waals surface area contributed by atoms with Crippen LogP contribution in [0.15, 0.2) is 79.3 Å².